The molecule has 0 aliphatic carbocycles. The van der Waals surface area contributed by atoms with Crippen LogP contribution in [0.25, 0.3) is 0 Å². The lowest BCUT2D eigenvalue weighted by molar-refractivity contribution is 0.0424. The molecule has 0 saturated carbocycles. The molecule has 0 unspecified atom stereocenters. The molecule has 24 heavy (non-hydrogen) atoms. The first-order chi connectivity index (χ1) is 11.3. The van der Waals surface area contributed by atoms with E-state index in [1.54, 1.807) is 10.5 Å². The van der Waals surface area contributed by atoms with Gasteiger partial charge in [-0.25, -0.2) is 13.4 Å². The number of sulfonamides is 1. The zero-order valence-corrected chi connectivity index (χ0v) is 16.0. The van der Waals surface area contributed by atoms with Crippen LogP contribution in [-0.4, -0.2) is 83.9 Å². The third kappa shape index (κ3) is 3.24. The second-order valence-electron chi connectivity index (χ2n) is 7.15. The summed E-state index contributed by atoms with van der Waals surface area (Å²) >= 11 is 0. The van der Waals surface area contributed by atoms with Crippen molar-refractivity contribution in [2.45, 2.75) is 37.8 Å². The monoisotopic (exact) mass is 355 g/mol. The molecule has 0 aromatic carbocycles. The van der Waals surface area contributed by atoms with Gasteiger partial charge in [0.05, 0.1) is 0 Å². The Balaban J connectivity index is 1.61. The highest BCUT2D eigenvalue weighted by molar-refractivity contribution is 7.89. The molecule has 1 aromatic rings. The van der Waals surface area contributed by atoms with Crippen LogP contribution in [-0.2, 0) is 17.1 Å². The lowest BCUT2D eigenvalue weighted by atomic mass is 10.1. The van der Waals surface area contributed by atoms with Crippen molar-refractivity contribution < 1.29 is 8.42 Å². The van der Waals surface area contributed by atoms with Gasteiger partial charge in [-0.2, -0.15) is 4.31 Å². The molecule has 0 atom stereocenters. The lowest BCUT2D eigenvalue weighted by Crippen LogP contribution is -2.64. The van der Waals surface area contributed by atoms with E-state index in [0.29, 0.717) is 19.1 Å². The normalized spacial score (nSPS) is 22.2. The van der Waals surface area contributed by atoms with Gasteiger partial charge in [-0.1, -0.05) is 20.8 Å². The summed E-state index contributed by atoms with van der Waals surface area (Å²) in [6.07, 6.45) is 1.64. The van der Waals surface area contributed by atoms with Gasteiger partial charge in [-0.15, -0.1) is 0 Å². The van der Waals surface area contributed by atoms with Crippen LogP contribution in [0.5, 0.6) is 0 Å². The van der Waals surface area contributed by atoms with E-state index in [2.05, 4.69) is 21.7 Å². The van der Waals surface area contributed by atoms with Crippen LogP contribution >= 0.6 is 0 Å². The average Bonchev–Trinajstić information content (AvgIpc) is 2.89. The molecule has 2 saturated heterocycles. The number of piperazine rings is 1. The van der Waals surface area contributed by atoms with Crippen LogP contribution in [0.2, 0.25) is 0 Å². The molecule has 0 amide bonds. The molecule has 1 aromatic heterocycles. The largest absolute Gasteiger partial charge is 0.336 e. The topological polar surface area (TPSA) is 61.7 Å². The van der Waals surface area contributed by atoms with Crippen LogP contribution < -0.4 is 0 Å². The molecule has 2 aliphatic heterocycles. The van der Waals surface area contributed by atoms with E-state index in [0.717, 1.165) is 38.5 Å². The summed E-state index contributed by atoms with van der Waals surface area (Å²) in [5.74, 6) is 1.01. The number of nitrogens with zero attached hydrogens (tertiary/aromatic N) is 5. The maximum atomic E-state index is 12.8. The van der Waals surface area contributed by atoms with E-state index in [-0.39, 0.29) is 10.9 Å². The van der Waals surface area contributed by atoms with E-state index < -0.39 is 10.0 Å². The molecule has 136 valence electrons. The maximum Gasteiger partial charge on any atom is 0.262 e. The summed E-state index contributed by atoms with van der Waals surface area (Å²) in [5, 5.41) is 0.183. The van der Waals surface area contributed by atoms with Gasteiger partial charge in [0.15, 0.2) is 5.03 Å². The predicted octanol–water partition coefficient (Wildman–Crippen LogP) is 0.554. The zero-order chi connectivity index (χ0) is 17.5. The molecule has 0 spiro atoms. The van der Waals surface area contributed by atoms with Crippen LogP contribution in [0.4, 0.5) is 0 Å². The summed E-state index contributed by atoms with van der Waals surface area (Å²) in [6.45, 7) is 12.7. The Morgan fingerprint density at radius 3 is 2.33 bits per heavy atom. The number of rotatable bonds is 5. The summed E-state index contributed by atoms with van der Waals surface area (Å²) in [4.78, 5) is 9.22. The standard InChI is InChI=1S/C16H29N5O2S/c1-5-19-6-8-20(9-7-19)14-10-21(11-14)24(22,23)15-12-18(4)16(17-15)13(2)3/h12-14H,5-11H2,1-4H3. The van der Waals surface area contributed by atoms with E-state index in [1.165, 1.54) is 0 Å². The number of aryl methyl sites for hydroxylation is 1. The Kier molecular flexibility index (Phi) is 5.01. The molecule has 0 bridgehead atoms. The highest BCUT2D eigenvalue weighted by Gasteiger charge is 2.41. The second kappa shape index (κ2) is 6.74. The number of likely N-dealkylation sites (N-methyl/N-ethyl adjacent to an activating group) is 1. The van der Waals surface area contributed by atoms with Crippen molar-refractivity contribution in [3.8, 4) is 0 Å². The SMILES string of the molecule is CCN1CCN(C2CN(S(=O)(=O)c3cn(C)c(C(C)C)n3)C2)CC1. The fourth-order valence-electron chi connectivity index (χ4n) is 3.53. The van der Waals surface area contributed by atoms with Crippen molar-refractivity contribution in [2.75, 3.05) is 45.8 Å². The highest BCUT2D eigenvalue weighted by Crippen LogP contribution is 2.25. The van der Waals surface area contributed by atoms with Crippen LogP contribution in [0.3, 0.4) is 0 Å². The van der Waals surface area contributed by atoms with E-state index in [9.17, 15) is 8.42 Å². The Labute approximate surface area is 145 Å². The predicted molar refractivity (Wildman–Crippen MR) is 93.5 cm³/mol. The van der Waals surface area contributed by atoms with E-state index in [4.69, 9.17) is 0 Å². The number of aromatic nitrogens is 2. The highest BCUT2D eigenvalue weighted by atomic mass is 32.2. The van der Waals surface area contributed by atoms with Crippen LogP contribution in [0.1, 0.15) is 32.5 Å². The fourth-order valence-corrected chi connectivity index (χ4v) is 5.04. The van der Waals surface area contributed by atoms with Crippen molar-refractivity contribution >= 4 is 10.0 Å². The van der Waals surface area contributed by atoms with Gasteiger partial charge in [0.1, 0.15) is 5.82 Å². The third-order valence-corrected chi connectivity index (χ3v) is 6.91. The summed E-state index contributed by atoms with van der Waals surface area (Å²) in [7, 11) is -1.61. The molecule has 3 heterocycles. The summed E-state index contributed by atoms with van der Waals surface area (Å²) in [6, 6.07) is 0.354. The van der Waals surface area contributed by atoms with E-state index in [1.807, 2.05) is 25.5 Å². The molecule has 0 radical (unpaired) electrons. The Morgan fingerprint density at radius 1 is 1.21 bits per heavy atom. The smallest absolute Gasteiger partial charge is 0.262 e. The Hall–Kier alpha value is -0.960. The first-order valence-electron chi connectivity index (χ1n) is 8.82. The molecule has 0 N–H and O–H groups in total. The molecular formula is C16H29N5O2S. The molecule has 7 nitrogen and oxygen atoms in total. The van der Waals surface area contributed by atoms with Crippen molar-refractivity contribution in [3.63, 3.8) is 0 Å². The van der Waals surface area contributed by atoms with Crippen LogP contribution in [0, 0.1) is 0 Å². The lowest BCUT2D eigenvalue weighted by Gasteiger charge is -2.47. The van der Waals surface area contributed by atoms with Crippen molar-refractivity contribution in [2.24, 2.45) is 7.05 Å². The van der Waals surface area contributed by atoms with Crippen molar-refractivity contribution in [1.82, 2.24) is 23.7 Å². The fraction of sp³-hybridized carbons (Fsp3) is 0.812. The first kappa shape index (κ1) is 17.8. The number of imidazole rings is 1. The van der Waals surface area contributed by atoms with Gasteiger partial charge in [-0.3, -0.25) is 4.90 Å². The van der Waals surface area contributed by atoms with Gasteiger partial charge in [0.25, 0.3) is 10.0 Å². The van der Waals surface area contributed by atoms with Crippen molar-refractivity contribution in [3.05, 3.63) is 12.0 Å². The van der Waals surface area contributed by atoms with Gasteiger partial charge < -0.3 is 9.47 Å². The van der Waals surface area contributed by atoms with E-state index >= 15 is 0 Å². The van der Waals surface area contributed by atoms with Crippen molar-refractivity contribution in [1.29, 1.82) is 0 Å². The molecule has 2 fully saturated rings. The minimum atomic E-state index is -3.46. The van der Waals surface area contributed by atoms with Crippen LogP contribution in [0.15, 0.2) is 11.2 Å². The number of hydrogen-bond donors (Lipinski definition) is 0. The minimum absolute atomic E-state index is 0.183. The van der Waals surface area contributed by atoms with Gasteiger partial charge in [-0.05, 0) is 6.54 Å². The minimum Gasteiger partial charge on any atom is -0.336 e. The molecule has 2 aliphatic rings. The van der Waals surface area contributed by atoms with Gasteiger partial charge >= 0.3 is 0 Å². The average molecular weight is 356 g/mol. The Morgan fingerprint density at radius 2 is 1.83 bits per heavy atom. The third-order valence-electron chi connectivity index (χ3n) is 5.21. The van der Waals surface area contributed by atoms with Gasteiger partial charge in [0, 0.05) is 64.5 Å². The molecule has 8 heteroatoms. The summed E-state index contributed by atoms with van der Waals surface area (Å²) < 4.78 is 28.9. The zero-order valence-electron chi connectivity index (χ0n) is 15.1. The quantitative estimate of drug-likeness (QED) is 0.772. The van der Waals surface area contributed by atoms with Gasteiger partial charge in [0.2, 0.25) is 0 Å². The first-order valence-corrected chi connectivity index (χ1v) is 10.3. The number of hydrogen-bond acceptors (Lipinski definition) is 5. The second-order valence-corrected chi connectivity index (χ2v) is 9.03. The molecule has 3 rings (SSSR count). The maximum absolute atomic E-state index is 12.8. The summed E-state index contributed by atoms with van der Waals surface area (Å²) in [5.41, 5.74) is 0. The molecular weight excluding hydrogens is 326 g/mol. The Bertz CT molecular complexity index is 671.